The fraction of sp³-hybridized carbons (Fsp3) is 0.625. The lowest BCUT2D eigenvalue weighted by molar-refractivity contribution is 0.238. The highest BCUT2D eigenvalue weighted by Crippen LogP contribution is 2.01. The summed E-state index contributed by atoms with van der Waals surface area (Å²) in [5.74, 6) is 0. The molecule has 0 rings (SSSR count). The molecule has 11 heavy (non-hydrogen) atoms. The average Bonchev–Trinajstić information content (AvgIpc) is 2.00. The van der Waals surface area contributed by atoms with E-state index in [-0.39, 0.29) is 6.04 Å². The number of ether oxygens (including phenoxy) is 1. The zero-order chi connectivity index (χ0) is 8.69. The number of hydrogen-bond donors (Lipinski definition) is 0. The number of allylic oxidation sites excluding steroid dienone is 1. The number of rotatable bonds is 4. The molecule has 0 heterocycles. The third kappa shape index (κ3) is 5.45. The second-order valence-electron chi connectivity index (χ2n) is 2.31. The van der Waals surface area contributed by atoms with E-state index >= 15 is 0 Å². The first-order valence-electron chi connectivity index (χ1n) is 3.60. The Bertz CT molecular complexity index is 143. The van der Waals surface area contributed by atoms with Gasteiger partial charge in [-0.25, -0.2) is 10.1 Å². The SMILES string of the molecule is C=CCCC(C)N=C([O])OC. The van der Waals surface area contributed by atoms with Gasteiger partial charge in [-0.2, -0.15) is 0 Å². The molecule has 1 radical (unpaired) electrons. The van der Waals surface area contributed by atoms with Gasteiger partial charge in [-0.05, 0) is 19.8 Å². The van der Waals surface area contributed by atoms with Crippen LogP contribution >= 0.6 is 0 Å². The number of nitrogens with zero attached hydrogens (tertiary/aromatic N) is 1. The minimum absolute atomic E-state index is 0.0282. The fourth-order valence-electron chi connectivity index (χ4n) is 0.656. The van der Waals surface area contributed by atoms with Crippen LogP contribution < -0.4 is 0 Å². The minimum Gasteiger partial charge on any atom is -0.452 e. The zero-order valence-electron chi connectivity index (χ0n) is 7.04. The Morgan fingerprint density at radius 2 is 2.45 bits per heavy atom. The molecule has 0 aromatic rings. The van der Waals surface area contributed by atoms with Gasteiger partial charge in [-0.1, -0.05) is 6.08 Å². The first kappa shape index (κ1) is 10.0. The van der Waals surface area contributed by atoms with E-state index in [1.54, 1.807) is 0 Å². The van der Waals surface area contributed by atoms with E-state index in [1.807, 2.05) is 13.0 Å². The van der Waals surface area contributed by atoms with Crippen molar-refractivity contribution in [2.24, 2.45) is 4.99 Å². The largest absolute Gasteiger partial charge is 0.452 e. The molecule has 0 saturated carbocycles. The molecule has 0 bridgehead atoms. The van der Waals surface area contributed by atoms with Crippen LogP contribution in [0.5, 0.6) is 0 Å². The third-order valence-electron chi connectivity index (χ3n) is 1.29. The summed E-state index contributed by atoms with van der Waals surface area (Å²) in [6, 6.07) is 0.0282. The first-order valence-corrected chi connectivity index (χ1v) is 3.60. The van der Waals surface area contributed by atoms with Crippen LogP contribution in [0.25, 0.3) is 0 Å². The Kier molecular flexibility index (Phi) is 5.25. The predicted molar refractivity (Wildman–Crippen MR) is 44.0 cm³/mol. The van der Waals surface area contributed by atoms with Gasteiger partial charge in [-0.15, -0.1) is 6.58 Å². The Balaban J connectivity index is 3.65. The summed E-state index contributed by atoms with van der Waals surface area (Å²) in [5.41, 5.74) is 0. The summed E-state index contributed by atoms with van der Waals surface area (Å²) >= 11 is 0. The van der Waals surface area contributed by atoms with Gasteiger partial charge in [-0.3, -0.25) is 0 Å². The van der Waals surface area contributed by atoms with Crippen molar-refractivity contribution in [1.29, 1.82) is 0 Å². The second-order valence-corrected chi connectivity index (χ2v) is 2.31. The summed E-state index contributed by atoms with van der Waals surface area (Å²) in [5, 5.41) is 10.6. The van der Waals surface area contributed by atoms with E-state index in [4.69, 9.17) is 0 Å². The van der Waals surface area contributed by atoms with Crippen LogP contribution in [0.1, 0.15) is 19.8 Å². The van der Waals surface area contributed by atoms with Gasteiger partial charge in [0.2, 0.25) is 0 Å². The number of methoxy groups -OCH3 is 1. The van der Waals surface area contributed by atoms with Gasteiger partial charge < -0.3 is 4.74 Å². The molecular formula is C8H14NO2. The van der Waals surface area contributed by atoms with E-state index in [9.17, 15) is 5.11 Å². The highest BCUT2D eigenvalue weighted by Gasteiger charge is 2.01. The Morgan fingerprint density at radius 1 is 1.82 bits per heavy atom. The van der Waals surface area contributed by atoms with Crippen LogP contribution in [0.15, 0.2) is 17.6 Å². The van der Waals surface area contributed by atoms with Gasteiger partial charge in [0, 0.05) is 0 Å². The number of aliphatic imine (C=N–C) groups is 1. The molecule has 3 nitrogen and oxygen atoms in total. The molecule has 0 aliphatic rings. The summed E-state index contributed by atoms with van der Waals surface area (Å²) in [7, 11) is 1.33. The average molecular weight is 156 g/mol. The van der Waals surface area contributed by atoms with Gasteiger partial charge in [0.15, 0.2) is 0 Å². The normalized spacial score (nSPS) is 14.2. The molecular weight excluding hydrogens is 142 g/mol. The van der Waals surface area contributed by atoms with Crippen molar-refractivity contribution in [2.45, 2.75) is 25.8 Å². The van der Waals surface area contributed by atoms with Crippen molar-refractivity contribution in [2.75, 3.05) is 7.11 Å². The molecule has 0 saturated heterocycles. The van der Waals surface area contributed by atoms with Gasteiger partial charge >= 0.3 is 6.08 Å². The standard InChI is InChI=1S/C8H14NO2/c1-4-5-6-7(2)9-8(10)11-3/h4,7H,1,5-6H2,2-3H3. The van der Waals surface area contributed by atoms with Crippen molar-refractivity contribution in [3.8, 4) is 0 Å². The summed E-state index contributed by atoms with van der Waals surface area (Å²) < 4.78 is 4.37. The fourth-order valence-corrected chi connectivity index (χ4v) is 0.656. The number of hydrogen-bond acceptors (Lipinski definition) is 2. The highest BCUT2D eigenvalue weighted by molar-refractivity contribution is 5.63. The van der Waals surface area contributed by atoms with E-state index < -0.39 is 6.08 Å². The maximum atomic E-state index is 10.6. The highest BCUT2D eigenvalue weighted by atomic mass is 16.6. The molecule has 0 aromatic heterocycles. The smallest absolute Gasteiger partial charge is 0.428 e. The third-order valence-corrected chi connectivity index (χ3v) is 1.29. The summed E-state index contributed by atoms with van der Waals surface area (Å²) in [4.78, 5) is 3.72. The molecule has 0 aromatic carbocycles. The molecule has 0 aliphatic heterocycles. The zero-order valence-corrected chi connectivity index (χ0v) is 7.04. The molecule has 0 fully saturated rings. The molecule has 1 unspecified atom stereocenters. The van der Waals surface area contributed by atoms with Crippen LogP contribution in [-0.4, -0.2) is 19.2 Å². The molecule has 0 amide bonds. The van der Waals surface area contributed by atoms with Crippen molar-refractivity contribution in [3.05, 3.63) is 12.7 Å². The maximum Gasteiger partial charge on any atom is 0.428 e. The molecule has 0 spiro atoms. The molecule has 3 heteroatoms. The van der Waals surface area contributed by atoms with Crippen LogP contribution in [0.4, 0.5) is 0 Å². The lowest BCUT2D eigenvalue weighted by atomic mass is 10.2. The lowest BCUT2D eigenvalue weighted by Crippen LogP contribution is -2.04. The van der Waals surface area contributed by atoms with Gasteiger partial charge in [0.25, 0.3) is 0 Å². The van der Waals surface area contributed by atoms with Crippen molar-refractivity contribution in [3.63, 3.8) is 0 Å². The van der Waals surface area contributed by atoms with E-state index in [2.05, 4.69) is 16.3 Å². The van der Waals surface area contributed by atoms with Crippen LogP contribution in [0.2, 0.25) is 0 Å². The van der Waals surface area contributed by atoms with E-state index in [0.717, 1.165) is 12.8 Å². The molecule has 1 atom stereocenters. The molecule has 0 N–H and O–H groups in total. The van der Waals surface area contributed by atoms with Crippen LogP contribution in [0.3, 0.4) is 0 Å². The minimum atomic E-state index is -0.499. The molecule has 63 valence electrons. The summed E-state index contributed by atoms with van der Waals surface area (Å²) in [6.07, 6.45) is 3.03. The van der Waals surface area contributed by atoms with Crippen molar-refractivity contribution >= 4 is 6.08 Å². The first-order chi connectivity index (χ1) is 5.20. The summed E-state index contributed by atoms with van der Waals surface area (Å²) in [6.45, 7) is 5.45. The topological polar surface area (TPSA) is 41.5 Å². The Hall–Kier alpha value is -0.990. The molecule has 0 aliphatic carbocycles. The van der Waals surface area contributed by atoms with Gasteiger partial charge in [0.1, 0.15) is 0 Å². The Labute approximate surface area is 67.4 Å². The van der Waals surface area contributed by atoms with E-state index in [0.29, 0.717) is 0 Å². The maximum absolute atomic E-state index is 10.6. The monoisotopic (exact) mass is 156 g/mol. The van der Waals surface area contributed by atoms with E-state index in [1.165, 1.54) is 7.11 Å². The Morgan fingerprint density at radius 3 is 2.91 bits per heavy atom. The predicted octanol–water partition coefficient (Wildman–Crippen LogP) is 1.77. The van der Waals surface area contributed by atoms with Crippen molar-refractivity contribution in [1.82, 2.24) is 0 Å². The van der Waals surface area contributed by atoms with Gasteiger partial charge in [0.05, 0.1) is 13.2 Å². The lowest BCUT2D eigenvalue weighted by Gasteiger charge is -2.02. The van der Waals surface area contributed by atoms with Crippen LogP contribution in [0, 0.1) is 0 Å². The van der Waals surface area contributed by atoms with Crippen molar-refractivity contribution < 1.29 is 9.84 Å². The van der Waals surface area contributed by atoms with Crippen LogP contribution in [-0.2, 0) is 9.84 Å². The second kappa shape index (κ2) is 5.77. The quantitative estimate of drug-likeness (QED) is 0.347.